The highest BCUT2D eigenvalue weighted by atomic mass is 32.2. The lowest BCUT2D eigenvalue weighted by Gasteiger charge is -2.36. The number of nitrogens with one attached hydrogen (secondary N) is 1. The van der Waals surface area contributed by atoms with Crippen molar-refractivity contribution < 1.29 is 34.0 Å². The first-order valence-corrected chi connectivity index (χ1v) is 16.4. The Morgan fingerprint density at radius 2 is 1.63 bits per heavy atom. The fraction of sp³-hybridized carbons (Fsp3) is 0.306. The predicted octanol–water partition coefficient (Wildman–Crippen LogP) is 6.08. The smallest absolute Gasteiger partial charge is 0.303 e. The van der Waals surface area contributed by atoms with E-state index in [1.807, 2.05) is 78.9 Å². The molecule has 3 atom stereocenters. The van der Waals surface area contributed by atoms with E-state index in [0.29, 0.717) is 43.0 Å². The maximum Gasteiger partial charge on any atom is 0.303 e. The van der Waals surface area contributed by atoms with Gasteiger partial charge in [-0.3, -0.25) is 9.59 Å². The molecular weight excluding hydrogens is 604 g/mol. The number of amides is 1. The van der Waals surface area contributed by atoms with Gasteiger partial charge in [0.25, 0.3) is 5.03 Å². The van der Waals surface area contributed by atoms with Crippen LogP contribution < -0.4 is 10.0 Å². The molecule has 0 radical (unpaired) electrons. The van der Waals surface area contributed by atoms with Crippen LogP contribution in [0.1, 0.15) is 66.8 Å². The molecule has 2 heterocycles. The second-order valence-corrected chi connectivity index (χ2v) is 12.3. The first-order chi connectivity index (χ1) is 22.4. The van der Waals surface area contributed by atoms with Crippen LogP contribution in [0.25, 0.3) is 11.1 Å². The van der Waals surface area contributed by atoms with Gasteiger partial charge in [0, 0.05) is 49.3 Å². The summed E-state index contributed by atoms with van der Waals surface area (Å²) in [4.78, 5) is 22.8. The topological polar surface area (TPSA) is 132 Å². The zero-order valence-corrected chi connectivity index (χ0v) is 26.2. The third-order valence-electron chi connectivity index (χ3n) is 7.80. The van der Waals surface area contributed by atoms with Gasteiger partial charge in [0.1, 0.15) is 0 Å². The van der Waals surface area contributed by atoms with Crippen molar-refractivity contribution >= 4 is 23.6 Å². The molecule has 0 spiro atoms. The number of unbranched alkanes of at least 4 members (excludes halogenated alkanes) is 1. The summed E-state index contributed by atoms with van der Waals surface area (Å²) in [5.74, 6) is -0.358. The van der Waals surface area contributed by atoms with E-state index in [1.54, 1.807) is 12.1 Å². The lowest BCUT2D eigenvalue weighted by atomic mass is 9.99. The van der Waals surface area contributed by atoms with Gasteiger partial charge in [-0.2, -0.15) is 4.73 Å². The minimum atomic E-state index is -0.848. The van der Waals surface area contributed by atoms with Crippen molar-refractivity contribution in [1.82, 2.24) is 5.32 Å². The summed E-state index contributed by atoms with van der Waals surface area (Å²) in [6.45, 7) is 0.367. The summed E-state index contributed by atoms with van der Waals surface area (Å²) in [6.07, 6.45) is 2.51. The van der Waals surface area contributed by atoms with Crippen LogP contribution in [0.4, 0.5) is 0 Å². The second-order valence-electron chi connectivity index (χ2n) is 11.2. The van der Waals surface area contributed by atoms with Crippen LogP contribution in [0, 0.1) is 5.21 Å². The summed E-state index contributed by atoms with van der Waals surface area (Å²) in [5.41, 5.74) is 5.69. The lowest BCUT2D eigenvalue weighted by molar-refractivity contribution is -0.645. The molecule has 1 aliphatic rings. The van der Waals surface area contributed by atoms with E-state index in [-0.39, 0.29) is 31.1 Å². The highest BCUT2D eigenvalue weighted by Crippen LogP contribution is 2.39. The quantitative estimate of drug-likeness (QED) is 0.0653. The number of pyridine rings is 1. The van der Waals surface area contributed by atoms with Gasteiger partial charge < -0.3 is 30.2 Å². The number of carboxylic acid groups (broad SMARTS) is 1. The van der Waals surface area contributed by atoms with E-state index in [1.165, 1.54) is 18.0 Å². The van der Waals surface area contributed by atoms with Crippen LogP contribution in [-0.2, 0) is 32.2 Å². The average Bonchev–Trinajstić information content (AvgIpc) is 3.09. The fourth-order valence-electron chi connectivity index (χ4n) is 5.27. The largest absolute Gasteiger partial charge is 0.618 e. The molecule has 0 saturated carbocycles. The first-order valence-electron chi connectivity index (χ1n) is 15.4. The van der Waals surface area contributed by atoms with E-state index in [4.69, 9.17) is 14.6 Å². The van der Waals surface area contributed by atoms with Gasteiger partial charge >= 0.3 is 5.97 Å². The average molecular weight is 643 g/mol. The number of carbonyl (C=O) groups excluding carboxylic acids is 1. The monoisotopic (exact) mass is 642 g/mol. The molecule has 0 bridgehead atoms. The number of carbonyl (C=O) groups is 2. The Morgan fingerprint density at radius 3 is 2.37 bits per heavy atom. The molecule has 46 heavy (non-hydrogen) atoms. The second kappa shape index (κ2) is 16.4. The number of rotatable bonds is 14. The molecule has 5 rings (SSSR count). The van der Waals surface area contributed by atoms with E-state index in [9.17, 15) is 19.9 Å². The van der Waals surface area contributed by atoms with E-state index < -0.39 is 12.3 Å². The van der Waals surface area contributed by atoms with Crippen molar-refractivity contribution in [1.29, 1.82) is 0 Å². The Balaban J connectivity index is 1.25. The molecule has 1 fully saturated rings. The van der Waals surface area contributed by atoms with Gasteiger partial charge in [-0.15, -0.1) is 0 Å². The molecule has 10 heteroatoms. The Morgan fingerprint density at radius 1 is 0.870 bits per heavy atom. The molecule has 1 aliphatic heterocycles. The number of nitrogens with zero attached hydrogens (tertiary/aromatic N) is 1. The van der Waals surface area contributed by atoms with E-state index in [0.717, 1.165) is 38.1 Å². The van der Waals surface area contributed by atoms with Gasteiger partial charge in [-0.1, -0.05) is 78.5 Å². The molecule has 0 aliphatic carbocycles. The Hall–Kier alpha value is -4.22. The van der Waals surface area contributed by atoms with Crippen molar-refractivity contribution in [3.63, 3.8) is 0 Å². The molecule has 3 N–H and O–H groups in total. The third kappa shape index (κ3) is 9.40. The molecule has 1 saturated heterocycles. The highest BCUT2D eigenvalue weighted by Gasteiger charge is 2.32. The summed E-state index contributed by atoms with van der Waals surface area (Å²) < 4.78 is 13.8. The molecule has 3 unspecified atom stereocenters. The minimum absolute atomic E-state index is 0.0247. The maximum absolute atomic E-state index is 12.2. The van der Waals surface area contributed by atoms with Crippen LogP contribution in [0.3, 0.4) is 0 Å². The number of benzene rings is 3. The van der Waals surface area contributed by atoms with E-state index >= 15 is 0 Å². The Kier molecular flexibility index (Phi) is 11.8. The minimum Gasteiger partial charge on any atom is -0.618 e. The fourth-order valence-corrected chi connectivity index (χ4v) is 6.20. The van der Waals surface area contributed by atoms with E-state index in [2.05, 4.69) is 5.32 Å². The SMILES string of the molecule is O=C(O)CCCCC(=O)NCc1cccc(-c2ccc(C3OC(CSc4cccc[n+]4[O-])CC(c4ccc(CO)cc4)O3)cc2)c1. The van der Waals surface area contributed by atoms with Gasteiger partial charge in [-0.25, -0.2) is 0 Å². The van der Waals surface area contributed by atoms with Crippen LogP contribution in [-0.4, -0.2) is 33.9 Å². The molecule has 240 valence electrons. The van der Waals surface area contributed by atoms with Crippen molar-refractivity contribution in [2.75, 3.05) is 5.75 Å². The van der Waals surface area contributed by atoms with Crippen LogP contribution in [0.15, 0.2) is 102 Å². The van der Waals surface area contributed by atoms with Crippen molar-refractivity contribution in [3.05, 3.63) is 125 Å². The van der Waals surface area contributed by atoms with Crippen LogP contribution in [0.2, 0.25) is 0 Å². The maximum atomic E-state index is 12.2. The number of aromatic nitrogens is 1. The number of aliphatic carboxylic acids is 1. The lowest BCUT2D eigenvalue weighted by Crippen LogP contribution is -2.32. The number of aliphatic hydroxyl groups excluding tert-OH is 1. The van der Waals surface area contributed by atoms with Gasteiger partial charge in [0.15, 0.2) is 12.5 Å². The standard InChI is InChI=1S/C36H38N2O7S/c39-23-25-11-13-28(14-12-25)32-21-31(24-46-34-9-3-4-19-38(34)43)44-36(45-32)29-17-15-27(16-18-29)30-7-5-6-26(20-30)22-37-33(40)8-1-2-10-35(41)42/h3-7,9,11-20,31-32,36,39H,1-2,8,10,21-24H2,(H,37,40)(H,41,42). The Bertz CT molecular complexity index is 1600. The summed E-state index contributed by atoms with van der Waals surface area (Å²) in [5, 5.41) is 34.0. The van der Waals surface area contributed by atoms with Gasteiger partial charge in [0.05, 0.1) is 18.8 Å². The number of aliphatic hydroxyl groups is 1. The number of hydrogen-bond donors (Lipinski definition) is 3. The van der Waals surface area contributed by atoms with Gasteiger partial charge in [0.2, 0.25) is 5.91 Å². The molecule has 4 aromatic rings. The zero-order valence-electron chi connectivity index (χ0n) is 25.4. The molecule has 9 nitrogen and oxygen atoms in total. The number of hydrogen-bond acceptors (Lipinski definition) is 7. The summed E-state index contributed by atoms with van der Waals surface area (Å²) in [7, 11) is 0. The Labute approximate surface area is 272 Å². The van der Waals surface area contributed by atoms with Crippen LogP contribution in [0.5, 0.6) is 0 Å². The number of thioether (sulfide) groups is 1. The highest BCUT2D eigenvalue weighted by molar-refractivity contribution is 7.99. The first kappa shape index (κ1) is 33.2. The zero-order chi connectivity index (χ0) is 32.3. The molecule has 1 amide bonds. The third-order valence-corrected chi connectivity index (χ3v) is 8.95. The molecule has 3 aromatic carbocycles. The normalized spacial score (nSPS) is 17.8. The van der Waals surface area contributed by atoms with Crippen molar-refractivity contribution in [2.45, 2.75) is 68.8 Å². The number of ether oxygens (including phenoxy) is 2. The molecule has 1 aromatic heterocycles. The number of carboxylic acids is 1. The van der Waals surface area contributed by atoms with Crippen molar-refractivity contribution in [3.8, 4) is 11.1 Å². The van der Waals surface area contributed by atoms with Crippen LogP contribution >= 0.6 is 11.8 Å². The van der Waals surface area contributed by atoms with Gasteiger partial charge in [-0.05, 0) is 52.8 Å². The predicted molar refractivity (Wildman–Crippen MR) is 174 cm³/mol. The molecular formula is C36H38N2O7S. The summed E-state index contributed by atoms with van der Waals surface area (Å²) >= 11 is 1.46. The summed E-state index contributed by atoms with van der Waals surface area (Å²) in [6, 6.07) is 29.1. The van der Waals surface area contributed by atoms with Crippen molar-refractivity contribution in [2.24, 2.45) is 0 Å².